The molecule has 3 rings (SSSR count). The first-order chi connectivity index (χ1) is 12.2. The van der Waals surface area contributed by atoms with Gasteiger partial charge in [-0.3, -0.25) is 4.79 Å². The molecule has 6 heteroatoms. The van der Waals surface area contributed by atoms with Crippen molar-refractivity contribution in [3.63, 3.8) is 0 Å². The Morgan fingerprint density at radius 2 is 1.84 bits per heavy atom. The van der Waals surface area contributed by atoms with Crippen LogP contribution >= 0.6 is 0 Å². The summed E-state index contributed by atoms with van der Waals surface area (Å²) in [5.74, 6) is 2.35. The maximum absolute atomic E-state index is 12.4. The van der Waals surface area contributed by atoms with Crippen molar-refractivity contribution in [1.82, 2.24) is 14.9 Å². The van der Waals surface area contributed by atoms with Crippen molar-refractivity contribution < 1.29 is 9.53 Å². The van der Waals surface area contributed by atoms with Gasteiger partial charge in [0, 0.05) is 38.7 Å². The molecule has 0 N–H and O–H groups in total. The molecule has 2 heterocycles. The fourth-order valence-corrected chi connectivity index (χ4v) is 3.03. The van der Waals surface area contributed by atoms with Crippen molar-refractivity contribution in [3.05, 3.63) is 47.8 Å². The Morgan fingerprint density at radius 3 is 2.52 bits per heavy atom. The van der Waals surface area contributed by atoms with Crippen LogP contribution in [-0.4, -0.2) is 54.1 Å². The molecular formula is C19H24N4O2. The number of nitrogens with zero attached hydrogens (tertiary/aromatic N) is 4. The maximum Gasteiger partial charge on any atom is 0.223 e. The second kappa shape index (κ2) is 7.96. The fraction of sp³-hybridized carbons (Fsp3) is 0.421. The SMILES string of the molecule is COc1cc(N2CCN(C(=O)CCc3ccccc3)CC2)nc(C)n1. The number of rotatable bonds is 5. The van der Waals surface area contributed by atoms with Crippen LogP contribution in [0.3, 0.4) is 0 Å². The van der Waals surface area contributed by atoms with Crippen LogP contribution in [0.15, 0.2) is 36.4 Å². The standard InChI is InChI=1S/C19H24N4O2/c1-15-20-17(14-18(21-15)25-2)22-10-12-23(13-11-22)19(24)9-8-16-6-4-3-5-7-16/h3-7,14H,8-13H2,1-2H3. The first-order valence-corrected chi connectivity index (χ1v) is 8.62. The molecule has 1 amide bonds. The first-order valence-electron chi connectivity index (χ1n) is 8.62. The van der Waals surface area contributed by atoms with Gasteiger partial charge in [0.1, 0.15) is 11.6 Å². The smallest absolute Gasteiger partial charge is 0.223 e. The number of methoxy groups -OCH3 is 1. The molecule has 1 aliphatic rings. The van der Waals surface area contributed by atoms with Crippen molar-refractivity contribution >= 4 is 11.7 Å². The minimum atomic E-state index is 0.222. The Bertz CT molecular complexity index is 713. The van der Waals surface area contributed by atoms with Gasteiger partial charge in [-0.05, 0) is 18.9 Å². The second-order valence-electron chi connectivity index (χ2n) is 6.17. The van der Waals surface area contributed by atoms with E-state index >= 15 is 0 Å². The number of benzene rings is 1. The molecular weight excluding hydrogens is 316 g/mol. The summed E-state index contributed by atoms with van der Waals surface area (Å²) >= 11 is 0. The highest BCUT2D eigenvalue weighted by molar-refractivity contribution is 5.76. The average Bonchev–Trinajstić information content (AvgIpc) is 2.66. The monoisotopic (exact) mass is 340 g/mol. The van der Waals surface area contributed by atoms with Gasteiger partial charge < -0.3 is 14.5 Å². The molecule has 0 unspecified atom stereocenters. The number of aromatic nitrogens is 2. The average molecular weight is 340 g/mol. The van der Waals surface area contributed by atoms with Crippen LogP contribution < -0.4 is 9.64 Å². The molecule has 25 heavy (non-hydrogen) atoms. The quantitative estimate of drug-likeness (QED) is 0.834. The van der Waals surface area contributed by atoms with Gasteiger partial charge in [-0.1, -0.05) is 30.3 Å². The summed E-state index contributed by atoms with van der Waals surface area (Å²) in [4.78, 5) is 25.3. The lowest BCUT2D eigenvalue weighted by Gasteiger charge is -2.35. The van der Waals surface area contributed by atoms with E-state index in [4.69, 9.17) is 4.74 Å². The van der Waals surface area contributed by atoms with Crippen molar-refractivity contribution in [2.75, 3.05) is 38.2 Å². The van der Waals surface area contributed by atoms with E-state index in [0.717, 1.165) is 38.4 Å². The predicted octanol–water partition coefficient (Wildman–Crippen LogP) is 2.08. The molecule has 2 aromatic rings. The fourth-order valence-electron chi connectivity index (χ4n) is 3.03. The van der Waals surface area contributed by atoms with E-state index in [0.29, 0.717) is 18.1 Å². The van der Waals surface area contributed by atoms with Gasteiger partial charge in [0.05, 0.1) is 7.11 Å². The van der Waals surface area contributed by atoms with Crippen molar-refractivity contribution in [3.8, 4) is 5.88 Å². The Labute approximate surface area is 148 Å². The Kier molecular flexibility index (Phi) is 5.48. The Balaban J connectivity index is 1.53. The van der Waals surface area contributed by atoms with Crippen LogP contribution in [0, 0.1) is 6.92 Å². The molecule has 1 saturated heterocycles. The molecule has 0 aliphatic carbocycles. The first kappa shape index (κ1) is 17.2. The molecule has 0 spiro atoms. The maximum atomic E-state index is 12.4. The summed E-state index contributed by atoms with van der Waals surface area (Å²) in [5.41, 5.74) is 1.21. The van der Waals surface area contributed by atoms with E-state index < -0.39 is 0 Å². The zero-order valence-corrected chi connectivity index (χ0v) is 14.8. The largest absolute Gasteiger partial charge is 0.481 e. The predicted molar refractivity (Wildman–Crippen MR) is 96.9 cm³/mol. The van der Waals surface area contributed by atoms with Crippen LogP contribution in [0.1, 0.15) is 17.8 Å². The molecule has 1 fully saturated rings. The summed E-state index contributed by atoms with van der Waals surface area (Å²) in [5, 5.41) is 0. The number of carbonyl (C=O) groups excluding carboxylic acids is 1. The normalized spacial score (nSPS) is 14.5. The lowest BCUT2D eigenvalue weighted by Crippen LogP contribution is -2.49. The number of aryl methyl sites for hydroxylation is 2. The van der Waals surface area contributed by atoms with Crippen LogP contribution in [0.4, 0.5) is 5.82 Å². The van der Waals surface area contributed by atoms with Crippen LogP contribution in [0.5, 0.6) is 5.88 Å². The van der Waals surface area contributed by atoms with Gasteiger partial charge in [-0.2, -0.15) is 4.98 Å². The summed E-state index contributed by atoms with van der Waals surface area (Å²) < 4.78 is 5.22. The highest BCUT2D eigenvalue weighted by Gasteiger charge is 2.22. The molecule has 1 aromatic carbocycles. The zero-order chi connectivity index (χ0) is 17.6. The van der Waals surface area contributed by atoms with E-state index in [1.54, 1.807) is 7.11 Å². The van der Waals surface area contributed by atoms with E-state index in [9.17, 15) is 4.79 Å². The molecule has 1 aromatic heterocycles. The van der Waals surface area contributed by atoms with E-state index in [2.05, 4.69) is 27.0 Å². The summed E-state index contributed by atoms with van der Waals surface area (Å²) in [6.07, 6.45) is 1.35. The third-order valence-corrected chi connectivity index (χ3v) is 4.44. The molecule has 1 aliphatic heterocycles. The van der Waals surface area contributed by atoms with Gasteiger partial charge in [-0.25, -0.2) is 4.98 Å². The van der Waals surface area contributed by atoms with E-state index in [1.807, 2.05) is 36.1 Å². The number of anilines is 1. The summed E-state index contributed by atoms with van der Waals surface area (Å²) in [6, 6.07) is 12.0. The van der Waals surface area contributed by atoms with E-state index in [1.165, 1.54) is 5.56 Å². The highest BCUT2D eigenvalue weighted by atomic mass is 16.5. The molecule has 0 atom stereocenters. The topological polar surface area (TPSA) is 58.6 Å². The van der Waals surface area contributed by atoms with Crippen molar-refractivity contribution in [2.24, 2.45) is 0 Å². The molecule has 6 nitrogen and oxygen atoms in total. The number of ether oxygens (including phenoxy) is 1. The molecule has 0 saturated carbocycles. The van der Waals surface area contributed by atoms with Gasteiger partial charge in [0.25, 0.3) is 0 Å². The summed E-state index contributed by atoms with van der Waals surface area (Å²) in [7, 11) is 1.61. The molecule has 0 radical (unpaired) electrons. The zero-order valence-electron chi connectivity index (χ0n) is 14.8. The number of piperazine rings is 1. The third kappa shape index (κ3) is 4.47. The molecule has 0 bridgehead atoms. The van der Waals surface area contributed by atoms with Crippen LogP contribution in [-0.2, 0) is 11.2 Å². The Morgan fingerprint density at radius 1 is 1.12 bits per heavy atom. The van der Waals surface area contributed by atoms with Gasteiger partial charge >= 0.3 is 0 Å². The number of hydrogen-bond donors (Lipinski definition) is 0. The van der Waals surface area contributed by atoms with E-state index in [-0.39, 0.29) is 5.91 Å². The Hall–Kier alpha value is -2.63. The highest BCUT2D eigenvalue weighted by Crippen LogP contribution is 2.19. The van der Waals surface area contributed by atoms with Crippen molar-refractivity contribution in [2.45, 2.75) is 19.8 Å². The molecule has 132 valence electrons. The van der Waals surface area contributed by atoms with Crippen molar-refractivity contribution in [1.29, 1.82) is 0 Å². The van der Waals surface area contributed by atoms with Crippen LogP contribution in [0.25, 0.3) is 0 Å². The number of amides is 1. The van der Waals surface area contributed by atoms with Gasteiger partial charge in [0.2, 0.25) is 11.8 Å². The lowest BCUT2D eigenvalue weighted by atomic mass is 10.1. The third-order valence-electron chi connectivity index (χ3n) is 4.44. The summed E-state index contributed by atoms with van der Waals surface area (Å²) in [6.45, 7) is 4.85. The van der Waals surface area contributed by atoms with Crippen LogP contribution in [0.2, 0.25) is 0 Å². The lowest BCUT2D eigenvalue weighted by molar-refractivity contribution is -0.131. The van der Waals surface area contributed by atoms with Gasteiger partial charge in [0.15, 0.2) is 0 Å². The second-order valence-corrected chi connectivity index (χ2v) is 6.17. The number of carbonyl (C=O) groups is 1. The number of hydrogen-bond acceptors (Lipinski definition) is 5. The minimum absolute atomic E-state index is 0.222. The minimum Gasteiger partial charge on any atom is -0.481 e. The van der Waals surface area contributed by atoms with Gasteiger partial charge in [-0.15, -0.1) is 0 Å².